The maximum atomic E-state index is 13.0. The SMILES string of the molecule is COC(=O)CN1C(=O)N/C(=C/c2cccc(OC)c2OCC(=O)Nc2ccc(F)cc2)C1=O. The standard InChI is InChI=1S/C22H20FN3O7/c1-31-17-5-3-4-13(10-16-21(29)26(22(30)25-16)11-19(28)32-2)20(17)33-12-18(27)24-15-8-6-14(23)7-9-15/h3-10H,11-12H2,1-2H3,(H,24,27)(H,25,30)/b16-10+. The summed E-state index contributed by atoms with van der Waals surface area (Å²) >= 11 is 0. The second kappa shape index (κ2) is 10.3. The molecule has 3 rings (SSSR count). The summed E-state index contributed by atoms with van der Waals surface area (Å²) < 4.78 is 28.4. The second-order valence-corrected chi connectivity index (χ2v) is 6.68. The normalized spacial score (nSPS) is 14.2. The number of carbonyl (C=O) groups excluding carboxylic acids is 4. The summed E-state index contributed by atoms with van der Waals surface area (Å²) in [6, 6.07) is 9.25. The molecule has 2 N–H and O–H groups in total. The topological polar surface area (TPSA) is 123 Å². The van der Waals surface area contributed by atoms with Crippen molar-refractivity contribution in [3.63, 3.8) is 0 Å². The van der Waals surface area contributed by atoms with Crippen molar-refractivity contribution in [2.75, 3.05) is 32.7 Å². The minimum absolute atomic E-state index is 0.0993. The highest BCUT2D eigenvalue weighted by atomic mass is 19.1. The van der Waals surface area contributed by atoms with Crippen LogP contribution >= 0.6 is 0 Å². The van der Waals surface area contributed by atoms with Crippen molar-refractivity contribution in [2.45, 2.75) is 0 Å². The number of hydrogen-bond donors (Lipinski definition) is 2. The number of rotatable bonds is 8. The first-order valence-electron chi connectivity index (χ1n) is 9.59. The van der Waals surface area contributed by atoms with Crippen molar-refractivity contribution >= 4 is 35.6 Å². The van der Waals surface area contributed by atoms with Crippen molar-refractivity contribution in [2.24, 2.45) is 0 Å². The summed E-state index contributed by atoms with van der Waals surface area (Å²) in [5.74, 6) is -2.00. The predicted octanol–water partition coefficient (Wildman–Crippen LogP) is 1.92. The molecule has 0 atom stereocenters. The van der Waals surface area contributed by atoms with Gasteiger partial charge in [-0.1, -0.05) is 12.1 Å². The van der Waals surface area contributed by atoms with Gasteiger partial charge in [0, 0.05) is 11.3 Å². The zero-order valence-corrected chi connectivity index (χ0v) is 17.7. The Morgan fingerprint density at radius 3 is 2.52 bits per heavy atom. The first-order valence-corrected chi connectivity index (χ1v) is 9.59. The number of amides is 4. The van der Waals surface area contributed by atoms with Crippen LogP contribution in [0.15, 0.2) is 48.2 Å². The van der Waals surface area contributed by atoms with E-state index in [1.807, 2.05) is 0 Å². The summed E-state index contributed by atoms with van der Waals surface area (Å²) in [4.78, 5) is 49.0. The van der Waals surface area contributed by atoms with Crippen molar-refractivity contribution in [1.29, 1.82) is 0 Å². The van der Waals surface area contributed by atoms with Crippen LogP contribution in [0.4, 0.5) is 14.9 Å². The van der Waals surface area contributed by atoms with Crippen LogP contribution in [0.1, 0.15) is 5.56 Å². The third-order valence-electron chi connectivity index (χ3n) is 4.48. The van der Waals surface area contributed by atoms with Crippen molar-refractivity contribution in [3.05, 3.63) is 59.5 Å². The van der Waals surface area contributed by atoms with E-state index in [9.17, 15) is 23.6 Å². The third-order valence-corrected chi connectivity index (χ3v) is 4.48. The number of nitrogens with zero attached hydrogens (tertiary/aromatic N) is 1. The zero-order chi connectivity index (χ0) is 24.0. The van der Waals surface area contributed by atoms with Gasteiger partial charge in [0.2, 0.25) is 0 Å². The quantitative estimate of drug-likeness (QED) is 0.353. The van der Waals surface area contributed by atoms with Gasteiger partial charge in [0.1, 0.15) is 18.1 Å². The van der Waals surface area contributed by atoms with E-state index in [1.165, 1.54) is 37.5 Å². The van der Waals surface area contributed by atoms with Crippen molar-refractivity contribution in [3.8, 4) is 11.5 Å². The van der Waals surface area contributed by atoms with Crippen LogP contribution in [0, 0.1) is 5.82 Å². The van der Waals surface area contributed by atoms with Crippen LogP contribution in [0.5, 0.6) is 11.5 Å². The molecule has 0 saturated carbocycles. The maximum Gasteiger partial charge on any atom is 0.329 e. The van der Waals surface area contributed by atoms with E-state index in [4.69, 9.17) is 9.47 Å². The number of methoxy groups -OCH3 is 2. The van der Waals surface area contributed by atoms with Crippen molar-refractivity contribution < 1.29 is 37.8 Å². The average Bonchev–Trinajstić information content (AvgIpc) is 3.06. The number of nitrogens with one attached hydrogen (secondary N) is 2. The number of imide groups is 1. The number of carbonyl (C=O) groups is 4. The molecule has 1 heterocycles. The minimum atomic E-state index is -0.777. The molecule has 1 aliphatic rings. The fraction of sp³-hybridized carbons (Fsp3) is 0.182. The zero-order valence-electron chi connectivity index (χ0n) is 17.7. The Morgan fingerprint density at radius 1 is 1.12 bits per heavy atom. The highest BCUT2D eigenvalue weighted by Gasteiger charge is 2.35. The fourth-order valence-electron chi connectivity index (χ4n) is 2.89. The molecule has 10 nitrogen and oxygen atoms in total. The fourth-order valence-corrected chi connectivity index (χ4v) is 2.89. The number of anilines is 1. The van der Waals surface area contributed by atoms with Gasteiger partial charge in [-0.05, 0) is 36.4 Å². The van der Waals surface area contributed by atoms with Gasteiger partial charge in [-0.25, -0.2) is 14.1 Å². The van der Waals surface area contributed by atoms with Gasteiger partial charge in [-0.15, -0.1) is 0 Å². The van der Waals surface area contributed by atoms with E-state index in [0.29, 0.717) is 16.2 Å². The van der Waals surface area contributed by atoms with E-state index in [1.54, 1.807) is 18.2 Å². The molecule has 1 saturated heterocycles. The smallest absolute Gasteiger partial charge is 0.329 e. The largest absolute Gasteiger partial charge is 0.493 e. The Morgan fingerprint density at radius 2 is 1.85 bits per heavy atom. The summed E-state index contributed by atoms with van der Waals surface area (Å²) in [7, 11) is 2.54. The Bertz CT molecular complexity index is 1120. The molecule has 2 aromatic rings. The van der Waals surface area contributed by atoms with Gasteiger partial charge in [-0.2, -0.15) is 0 Å². The van der Waals surface area contributed by atoms with Gasteiger partial charge in [0.15, 0.2) is 18.1 Å². The highest BCUT2D eigenvalue weighted by Crippen LogP contribution is 2.33. The molecule has 1 fully saturated rings. The molecular formula is C22H20FN3O7. The number of benzene rings is 2. The number of halogens is 1. The highest BCUT2D eigenvalue weighted by molar-refractivity contribution is 6.15. The Kier molecular flexibility index (Phi) is 7.24. The van der Waals surface area contributed by atoms with E-state index in [2.05, 4.69) is 15.4 Å². The van der Waals surface area contributed by atoms with Crippen molar-refractivity contribution in [1.82, 2.24) is 10.2 Å². The Labute approximate surface area is 187 Å². The van der Waals surface area contributed by atoms with E-state index < -0.39 is 42.8 Å². The molecule has 172 valence electrons. The van der Waals surface area contributed by atoms with Gasteiger partial charge >= 0.3 is 12.0 Å². The van der Waals surface area contributed by atoms with E-state index in [-0.39, 0.29) is 17.2 Å². The summed E-state index contributed by atoms with van der Waals surface area (Å²) in [5, 5.41) is 4.95. The molecular weight excluding hydrogens is 437 g/mol. The van der Waals surface area contributed by atoms with E-state index >= 15 is 0 Å². The minimum Gasteiger partial charge on any atom is -0.493 e. The van der Waals surface area contributed by atoms with Crippen LogP contribution in [0.25, 0.3) is 6.08 Å². The molecule has 33 heavy (non-hydrogen) atoms. The Hall–Kier alpha value is -4.41. The molecule has 0 aliphatic carbocycles. The van der Waals surface area contributed by atoms with Crippen LogP contribution in [0.3, 0.4) is 0 Å². The average molecular weight is 457 g/mol. The maximum absolute atomic E-state index is 13.0. The van der Waals surface area contributed by atoms with Crippen LogP contribution in [-0.2, 0) is 19.1 Å². The molecule has 1 aliphatic heterocycles. The van der Waals surface area contributed by atoms with Gasteiger partial charge in [0.05, 0.1) is 14.2 Å². The lowest BCUT2D eigenvalue weighted by atomic mass is 10.1. The van der Waals surface area contributed by atoms with Gasteiger partial charge < -0.3 is 24.8 Å². The lowest BCUT2D eigenvalue weighted by Gasteiger charge is -2.14. The number of para-hydroxylation sites is 1. The molecule has 4 amide bonds. The predicted molar refractivity (Wildman–Crippen MR) is 114 cm³/mol. The lowest BCUT2D eigenvalue weighted by molar-refractivity contribution is -0.143. The first kappa shape index (κ1) is 23.3. The number of hydrogen-bond acceptors (Lipinski definition) is 7. The van der Waals surface area contributed by atoms with Crippen LogP contribution < -0.4 is 20.1 Å². The van der Waals surface area contributed by atoms with Gasteiger partial charge in [0.25, 0.3) is 11.8 Å². The number of esters is 1. The van der Waals surface area contributed by atoms with Crippen LogP contribution in [0.2, 0.25) is 0 Å². The lowest BCUT2D eigenvalue weighted by Crippen LogP contribution is -2.36. The molecule has 0 aromatic heterocycles. The molecule has 2 aromatic carbocycles. The summed E-state index contributed by atoms with van der Waals surface area (Å²) in [6.07, 6.45) is 1.34. The summed E-state index contributed by atoms with van der Waals surface area (Å²) in [6.45, 7) is -0.952. The molecule has 0 spiro atoms. The number of urea groups is 1. The van der Waals surface area contributed by atoms with E-state index in [0.717, 1.165) is 7.11 Å². The monoisotopic (exact) mass is 457 g/mol. The first-order chi connectivity index (χ1) is 15.8. The molecule has 11 heteroatoms. The Balaban J connectivity index is 1.78. The number of ether oxygens (including phenoxy) is 3. The molecule has 0 unspecified atom stereocenters. The summed E-state index contributed by atoms with van der Waals surface area (Å²) in [5.41, 5.74) is 0.627. The second-order valence-electron chi connectivity index (χ2n) is 6.68. The molecule has 0 radical (unpaired) electrons. The molecule has 0 bridgehead atoms. The third kappa shape index (κ3) is 5.64. The van der Waals surface area contributed by atoms with Gasteiger partial charge in [-0.3, -0.25) is 14.4 Å². The van der Waals surface area contributed by atoms with Crippen LogP contribution in [-0.4, -0.2) is 56.1 Å².